The Morgan fingerprint density at radius 2 is 1.83 bits per heavy atom. The van der Waals surface area contributed by atoms with Crippen LogP contribution in [0.1, 0.15) is 24.0 Å². The van der Waals surface area contributed by atoms with Gasteiger partial charge in [0, 0.05) is 31.2 Å². The predicted molar refractivity (Wildman–Crippen MR) is 119 cm³/mol. The van der Waals surface area contributed by atoms with E-state index in [4.69, 9.17) is 14.2 Å². The van der Waals surface area contributed by atoms with Crippen LogP contribution in [-0.2, 0) is 13.0 Å². The van der Waals surface area contributed by atoms with Gasteiger partial charge in [0.2, 0.25) is 0 Å². The van der Waals surface area contributed by atoms with Crippen LogP contribution < -0.4 is 14.2 Å². The minimum atomic E-state index is 0.333. The zero-order valence-corrected chi connectivity index (χ0v) is 18.6. The Morgan fingerprint density at radius 3 is 2.57 bits per heavy atom. The van der Waals surface area contributed by atoms with Crippen molar-refractivity contribution >= 4 is 0 Å². The number of rotatable bonds is 9. The predicted octanol–water partition coefficient (Wildman–Crippen LogP) is 3.56. The molecule has 1 aliphatic heterocycles. The smallest absolute Gasteiger partial charge is 0.160 e. The van der Waals surface area contributed by atoms with Crippen molar-refractivity contribution in [3.8, 4) is 23.0 Å². The van der Waals surface area contributed by atoms with Gasteiger partial charge >= 0.3 is 0 Å². The second-order valence-electron chi connectivity index (χ2n) is 7.95. The number of likely N-dealkylation sites (tertiary alicyclic amines) is 1. The number of hydrogen-bond acceptors (Lipinski definition) is 6. The van der Waals surface area contributed by atoms with E-state index in [0.29, 0.717) is 11.8 Å². The molecular weight excluding hydrogens is 380 g/mol. The fourth-order valence-corrected chi connectivity index (χ4v) is 4.12. The number of ether oxygens (including phenoxy) is 3. The molecule has 1 unspecified atom stereocenters. The third-order valence-corrected chi connectivity index (χ3v) is 5.99. The average Bonchev–Trinajstić information content (AvgIpc) is 2.78. The molecule has 3 rings (SSSR count). The topological polar surface area (TPSA) is 54.4 Å². The molecule has 1 heterocycles. The van der Waals surface area contributed by atoms with Crippen LogP contribution in [0.2, 0.25) is 0 Å². The van der Waals surface area contributed by atoms with Crippen LogP contribution in [0.25, 0.3) is 0 Å². The highest BCUT2D eigenvalue weighted by Crippen LogP contribution is 2.28. The standard InChI is InChI=1S/C24H34N2O4/c1-25(13-11-18-7-10-23(29-3)24(14-18)30-4)20-6-5-12-26(17-20)16-19-15-21(28-2)8-9-22(19)27/h7-10,14-15,20,27H,5-6,11-13,16-17H2,1-4H3. The minimum absolute atomic E-state index is 0.333. The second-order valence-corrected chi connectivity index (χ2v) is 7.95. The summed E-state index contributed by atoms with van der Waals surface area (Å²) in [6.45, 7) is 3.78. The first-order chi connectivity index (χ1) is 14.5. The largest absolute Gasteiger partial charge is 0.508 e. The van der Waals surface area contributed by atoms with E-state index in [0.717, 1.165) is 61.8 Å². The van der Waals surface area contributed by atoms with Crippen LogP contribution in [0.4, 0.5) is 0 Å². The Kier molecular flexibility index (Phi) is 7.82. The lowest BCUT2D eigenvalue weighted by Gasteiger charge is -2.38. The molecule has 1 fully saturated rings. The van der Waals surface area contributed by atoms with E-state index in [1.165, 1.54) is 12.0 Å². The average molecular weight is 415 g/mol. The van der Waals surface area contributed by atoms with Crippen molar-refractivity contribution in [3.63, 3.8) is 0 Å². The van der Waals surface area contributed by atoms with Gasteiger partial charge in [-0.05, 0) is 68.8 Å². The molecule has 0 bridgehead atoms. The van der Waals surface area contributed by atoms with Crippen LogP contribution in [0, 0.1) is 0 Å². The van der Waals surface area contributed by atoms with Crippen molar-refractivity contribution < 1.29 is 19.3 Å². The van der Waals surface area contributed by atoms with E-state index >= 15 is 0 Å². The Morgan fingerprint density at radius 1 is 1.03 bits per heavy atom. The maximum absolute atomic E-state index is 10.2. The summed E-state index contributed by atoms with van der Waals surface area (Å²) in [5.74, 6) is 2.65. The van der Waals surface area contributed by atoms with E-state index in [9.17, 15) is 5.11 Å². The summed E-state index contributed by atoms with van der Waals surface area (Å²) in [5, 5.41) is 10.2. The van der Waals surface area contributed by atoms with Gasteiger partial charge in [-0.25, -0.2) is 0 Å². The maximum Gasteiger partial charge on any atom is 0.160 e. The third-order valence-electron chi connectivity index (χ3n) is 5.99. The zero-order chi connectivity index (χ0) is 21.5. The molecule has 0 aromatic heterocycles. The normalized spacial score (nSPS) is 17.2. The summed E-state index contributed by atoms with van der Waals surface area (Å²) in [5.41, 5.74) is 2.16. The second kappa shape index (κ2) is 10.5. The van der Waals surface area contributed by atoms with E-state index in [2.05, 4.69) is 29.0 Å². The molecule has 0 aliphatic carbocycles. The van der Waals surface area contributed by atoms with Crippen LogP contribution in [0.15, 0.2) is 36.4 Å². The van der Waals surface area contributed by atoms with Crippen molar-refractivity contribution in [2.24, 2.45) is 0 Å². The first kappa shape index (κ1) is 22.2. The molecular formula is C24H34N2O4. The molecule has 2 aromatic rings. The van der Waals surface area contributed by atoms with Gasteiger partial charge in [0.25, 0.3) is 0 Å². The van der Waals surface area contributed by atoms with Crippen molar-refractivity contribution in [2.45, 2.75) is 31.8 Å². The maximum atomic E-state index is 10.2. The van der Waals surface area contributed by atoms with Crippen molar-refractivity contribution in [1.29, 1.82) is 0 Å². The molecule has 1 N–H and O–H groups in total. The molecule has 6 nitrogen and oxygen atoms in total. The molecule has 2 aromatic carbocycles. The fraction of sp³-hybridized carbons (Fsp3) is 0.500. The molecule has 30 heavy (non-hydrogen) atoms. The quantitative estimate of drug-likeness (QED) is 0.677. The SMILES string of the molecule is COc1ccc(O)c(CN2CCCC(N(C)CCc3ccc(OC)c(OC)c3)C2)c1. The first-order valence-corrected chi connectivity index (χ1v) is 10.5. The van der Waals surface area contributed by atoms with Crippen molar-refractivity contribution in [2.75, 3.05) is 48.0 Å². The molecule has 1 saturated heterocycles. The number of phenols is 1. The molecule has 1 aliphatic rings. The highest BCUT2D eigenvalue weighted by Gasteiger charge is 2.24. The van der Waals surface area contributed by atoms with Gasteiger partial charge in [-0.15, -0.1) is 0 Å². The Balaban J connectivity index is 1.56. The summed E-state index contributed by atoms with van der Waals surface area (Å²) in [7, 11) is 7.19. The zero-order valence-electron chi connectivity index (χ0n) is 18.6. The molecule has 0 saturated carbocycles. The number of hydrogen-bond donors (Lipinski definition) is 1. The monoisotopic (exact) mass is 414 g/mol. The first-order valence-electron chi connectivity index (χ1n) is 10.5. The number of piperidine rings is 1. The van der Waals surface area contributed by atoms with Gasteiger partial charge in [-0.1, -0.05) is 6.07 Å². The summed E-state index contributed by atoms with van der Waals surface area (Å²) >= 11 is 0. The lowest BCUT2D eigenvalue weighted by molar-refractivity contribution is 0.111. The number of benzene rings is 2. The molecule has 0 spiro atoms. The van der Waals surface area contributed by atoms with Crippen LogP contribution in [-0.4, -0.2) is 69.0 Å². The van der Waals surface area contributed by atoms with Gasteiger partial charge in [-0.3, -0.25) is 4.90 Å². The Labute approximate surface area is 180 Å². The summed E-state index contributed by atoms with van der Waals surface area (Å²) in [4.78, 5) is 4.88. The summed E-state index contributed by atoms with van der Waals surface area (Å²) in [6, 6.07) is 12.1. The lowest BCUT2D eigenvalue weighted by Crippen LogP contribution is -2.46. The Bertz CT molecular complexity index is 827. The number of phenolic OH excluding ortho intramolecular Hbond substituents is 1. The number of likely N-dealkylation sites (N-methyl/N-ethyl adjacent to an activating group) is 1. The van der Waals surface area contributed by atoms with Crippen LogP contribution >= 0.6 is 0 Å². The number of aromatic hydroxyl groups is 1. The van der Waals surface area contributed by atoms with Gasteiger partial charge in [-0.2, -0.15) is 0 Å². The molecule has 1 atom stereocenters. The van der Waals surface area contributed by atoms with Crippen molar-refractivity contribution in [3.05, 3.63) is 47.5 Å². The summed E-state index contributed by atoms with van der Waals surface area (Å²) in [6.07, 6.45) is 3.32. The Hall–Kier alpha value is -2.44. The molecule has 0 radical (unpaired) electrons. The number of nitrogens with zero attached hydrogens (tertiary/aromatic N) is 2. The third kappa shape index (κ3) is 5.58. The van der Waals surface area contributed by atoms with Crippen LogP contribution in [0.5, 0.6) is 23.0 Å². The molecule has 164 valence electrons. The van der Waals surface area contributed by atoms with Gasteiger partial charge in [0.15, 0.2) is 11.5 Å². The van der Waals surface area contributed by atoms with Crippen LogP contribution in [0.3, 0.4) is 0 Å². The van der Waals surface area contributed by atoms with Crippen molar-refractivity contribution in [1.82, 2.24) is 9.80 Å². The van der Waals surface area contributed by atoms with E-state index in [1.54, 1.807) is 33.5 Å². The van der Waals surface area contributed by atoms with E-state index in [1.807, 2.05) is 12.1 Å². The highest BCUT2D eigenvalue weighted by molar-refractivity contribution is 5.43. The highest BCUT2D eigenvalue weighted by atomic mass is 16.5. The van der Waals surface area contributed by atoms with Gasteiger partial charge in [0.1, 0.15) is 11.5 Å². The van der Waals surface area contributed by atoms with Gasteiger partial charge in [0.05, 0.1) is 21.3 Å². The summed E-state index contributed by atoms with van der Waals surface area (Å²) < 4.78 is 16.1. The molecule has 6 heteroatoms. The fourth-order valence-electron chi connectivity index (χ4n) is 4.12. The van der Waals surface area contributed by atoms with Gasteiger partial charge < -0.3 is 24.2 Å². The van der Waals surface area contributed by atoms with E-state index in [-0.39, 0.29) is 0 Å². The lowest BCUT2D eigenvalue weighted by atomic mass is 10.0. The van der Waals surface area contributed by atoms with E-state index < -0.39 is 0 Å². The number of methoxy groups -OCH3 is 3. The minimum Gasteiger partial charge on any atom is -0.508 e. The molecule has 0 amide bonds.